The molecule has 24 heavy (non-hydrogen) atoms. The second kappa shape index (κ2) is 6.93. The molecule has 0 aliphatic heterocycles. The first-order valence-corrected chi connectivity index (χ1v) is 7.67. The van der Waals surface area contributed by atoms with Crippen LogP contribution in [0.15, 0.2) is 42.5 Å². The Bertz CT molecular complexity index is 764. The predicted molar refractivity (Wildman–Crippen MR) is 93.0 cm³/mol. The molecule has 0 fully saturated rings. The summed E-state index contributed by atoms with van der Waals surface area (Å²) in [4.78, 5) is 22.8. The Balaban J connectivity index is 2.12. The van der Waals surface area contributed by atoms with E-state index in [1.54, 1.807) is 30.3 Å². The van der Waals surface area contributed by atoms with Gasteiger partial charge >= 0.3 is 5.97 Å². The molecule has 126 valence electrons. The number of amides is 1. The summed E-state index contributed by atoms with van der Waals surface area (Å²) in [6, 6.07) is 10.9. The molecule has 2 aromatic carbocycles. The van der Waals surface area contributed by atoms with Crippen LogP contribution in [0.25, 0.3) is 0 Å². The summed E-state index contributed by atoms with van der Waals surface area (Å²) in [5.74, 6) is -0.239. The smallest absolute Gasteiger partial charge is 0.335 e. The zero-order valence-corrected chi connectivity index (χ0v) is 14.3. The summed E-state index contributed by atoms with van der Waals surface area (Å²) in [5.41, 5.74) is 0.246. The summed E-state index contributed by atoms with van der Waals surface area (Å²) in [6.07, 6.45) is 0. The summed E-state index contributed by atoms with van der Waals surface area (Å²) < 4.78 is 5.63. The van der Waals surface area contributed by atoms with Crippen LogP contribution in [0.1, 0.15) is 31.1 Å². The summed E-state index contributed by atoms with van der Waals surface area (Å²) >= 11 is 6.19. The van der Waals surface area contributed by atoms with E-state index in [1.807, 2.05) is 20.8 Å². The number of benzene rings is 2. The molecule has 0 saturated carbocycles. The summed E-state index contributed by atoms with van der Waals surface area (Å²) in [5, 5.41) is 12.0. The fourth-order valence-corrected chi connectivity index (χ4v) is 1.99. The highest BCUT2D eigenvalue weighted by atomic mass is 35.5. The van der Waals surface area contributed by atoms with Crippen LogP contribution in [0.4, 0.5) is 5.69 Å². The van der Waals surface area contributed by atoms with Crippen LogP contribution in [0.5, 0.6) is 11.5 Å². The Hall–Kier alpha value is -2.53. The van der Waals surface area contributed by atoms with Gasteiger partial charge in [-0.1, -0.05) is 32.4 Å². The number of hydrogen-bond acceptors (Lipinski definition) is 3. The lowest BCUT2D eigenvalue weighted by atomic mass is 9.95. The number of rotatable bonds is 4. The van der Waals surface area contributed by atoms with Gasteiger partial charge in [0.1, 0.15) is 11.5 Å². The quantitative estimate of drug-likeness (QED) is 0.831. The number of ether oxygens (including phenoxy) is 1. The Labute approximate surface area is 145 Å². The van der Waals surface area contributed by atoms with E-state index in [0.29, 0.717) is 22.2 Å². The molecule has 0 saturated heterocycles. The van der Waals surface area contributed by atoms with Crippen LogP contribution in [-0.4, -0.2) is 17.0 Å². The lowest BCUT2D eigenvalue weighted by Gasteiger charge is -2.18. The van der Waals surface area contributed by atoms with Crippen molar-refractivity contribution in [3.63, 3.8) is 0 Å². The highest BCUT2D eigenvalue weighted by Crippen LogP contribution is 2.32. The maximum Gasteiger partial charge on any atom is 0.335 e. The van der Waals surface area contributed by atoms with E-state index in [4.69, 9.17) is 21.4 Å². The first kappa shape index (κ1) is 17.8. The van der Waals surface area contributed by atoms with E-state index in [-0.39, 0.29) is 11.5 Å². The van der Waals surface area contributed by atoms with E-state index in [1.165, 1.54) is 12.1 Å². The molecule has 0 aliphatic rings. The van der Waals surface area contributed by atoms with Gasteiger partial charge in [0, 0.05) is 11.1 Å². The number of carbonyl (C=O) groups is 2. The van der Waals surface area contributed by atoms with Gasteiger partial charge in [-0.25, -0.2) is 4.79 Å². The van der Waals surface area contributed by atoms with Crippen LogP contribution in [0.2, 0.25) is 5.02 Å². The Morgan fingerprint density at radius 1 is 1.08 bits per heavy atom. The first-order chi connectivity index (χ1) is 11.2. The minimum Gasteiger partial charge on any atom is -0.478 e. The van der Waals surface area contributed by atoms with Crippen molar-refractivity contribution in [1.29, 1.82) is 0 Å². The molecule has 0 radical (unpaired) electrons. The fourth-order valence-electron chi connectivity index (χ4n) is 1.77. The van der Waals surface area contributed by atoms with Crippen molar-refractivity contribution in [1.82, 2.24) is 0 Å². The molecule has 0 atom stereocenters. The number of nitrogens with one attached hydrogen (secondary N) is 1. The summed E-state index contributed by atoms with van der Waals surface area (Å²) in [7, 11) is 0. The van der Waals surface area contributed by atoms with Gasteiger partial charge in [-0.2, -0.15) is 0 Å². The lowest BCUT2D eigenvalue weighted by molar-refractivity contribution is -0.123. The number of halogens is 1. The molecule has 0 spiro atoms. The average molecular weight is 348 g/mol. The lowest BCUT2D eigenvalue weighted by Crippen LogP contribution is -2.27. The SMILES string of the molecule is CC(C)(C)C(=O)Nc1ccc(Oc2ccc(C(=O)O)cc2)c(Cl)c1. The van der Waals surface area contributed by atoms with E-state index in [2.05, 4.69) is 5.32 Å². The van der Waals surface area contributed by atoms with Gasteiger partial charge in [0.15, 0.2) is 0 Å². The first-order valence-electron chi connectivity index (χ1n) is 7.29. The molecular formula is C18H18ClNO4. The minimum atomic E-state index is -1.00. The molecule has 0 aliphatic carbocycles. The van der Waals surface area contributed by atoms with Crippen LogP contribution in [-0.2, 0) is 4.79 Å². The number of carboxylic acids is 1. The maximum atomic E-state index is 12.0. The average Bonchev–Trinajstić information content (AvgIpc) is 2.49. The molecule has 6 heteroatoms. The number of carbonyl (C=O) groups excluding carboxylic acids is 1. The van der Waals surface area contributed by atoms with Gasteiger partial charge < -0.3 is 15.2 Å². The van der Waals surface area contributed by atoms with Crippen molar-refractivity contribution in [2.75, 3.05) is 5.32 Å². The second-order valence-electron chi connectivity index (χ2n) is 6.28. The van der Waals surface area contributed by atoms with Crippen molar-refractivity contribution < 1.29 is 19.4 Å². The third-order valence-electron chi connectivity index (χ3n) is 3.20. The second-order valence-corrected chi connectivity index (χ2v) is 6.69. The largest absolute Gasteiger partial charge is 0.478 e. The zero-order chi connectivity index (χ0) is 17.9. The van der Waals surface area contributed by atoms with Gasteiger partial charge in [-0.05, 0) is 42.5 Å². The van der Waals surface area contributed by atoms with Gasteiger partial charge in [-0.15, -0.1) is 0 Å². The highest BCUT2D eigenvalue weighted by molar-refractivity contribution is 6.32. The number of aromatic carboxylic acids is 1. The number of anilines is 1. The normalized spacial score (nSPS) is 11.0. The molecule has 5 nitrogen and oxygen atoms in total. The Morgan fingerprint density at radius 2 is 1.71 bits per heavy atom. The van der Waals surface area contributed by atoms with Crippen molar-refractivity contribution in [3.05, 3.63) is 53.1 Å². The van der Waals surface area contributed by atoms with Crippen molar-refractivity contribution in [3.8, 4) is 11.5 Å². The van der Waals surface area contributed by atoms with Gasteiger partial charge in [-0.3, -0.25) is 4.79 Å². The minimum absolute atomic E-state index is 0.114. The Morgan fingerprint density at radius 3 is 2.21 bits per heavy atom. The number of carboxylic acid groups (broad SMARTS) is 1. The van der Waals surface area contributed by atoms with Crippen LogP contribution >= 0.6 is 11.6 Å². The summed E-state index contributed by atoms with van der Waals surface area (Å²) in [6.45, 7) is 5.46. The third-order valence-corrected chi connectivity index (χ3v) is 3.50. The molecule has 2 rings (SSSR count). The van der Waals surface area contributed by atoms with E-state index in [0.717, 1.165) is 0 Å². The maximum absolute atomic E-state index is 12.0. The topological polar surface area (TPSA) is 75.6 Å². The molecular weight excluding hydrogens is 330 g/mol. The molecule has 0 heterocycles. The van der Waals surface area contributed by atoms with Crippen LogP contribution < -0.4 is 10.1 Å². The Kier molecular flexibility index (Phi) is 5.14. The van der Waals surface area contributed by atoms with Crippen molar-refractivity contribution >= 4 is 29.2 Å². The van der Waals surface area contributed by atoms with E-state index >= 15 is 0 Å². The van der Waals surface area contributed by atoms with Gasteiger partial charge in [0.2, 0.25) is 5.91 Å². The van der Waals surface area contributed by atoms with Crippen LogP contribution in [0, 0.1) is 5.41 Å². The highest BCUT2D eigenvalue weighted by Gasteiger charge is 2.21. The molecule has 0 bridgehead atoms. The van der Waals surface area contributed by atoms with Gasteiger partial charge in [0.05, 0.1) is 10.6 Å². The van der Waals surface area contributed by atoms with Crippen molar-refractivity contribution in [2.45, 2.75) is 20.8 Å². The number of hydrogen-bond donors (Lipinski definition) is 2. The van der Waals surface area contributed by atoms with Gasteiger partial charge in [0.25, 0.3) is 0 Å². The molecule has 0 aromatic heterocycles. The molecule has 0 unspecified atom stereocenters. The van der Waals surface area contributed by atoms with Crippen molar-refractivity contribution in [2.24, 2.45) is 5.41 Å². The standard InChI is InChI=1S/C18H18ClNO4/c1-18(2,3)17(23)20-12-6-9-15(14(19)10-12)24-13-7-4-11(5-8-13)16(21)22/h4-10H,1-3H3,(H,20,23)(H,21,22). The fraction of sp³-hybridized carbons (Fsp3) is 0.222. The molecule has 2 N–H and O–H groups in total. The monoisotopic (exact) mass is 347 g/mol. The molecule has 2 aromatic rings. The van der Waals surface area contributed by atoms with Crippen LogP contribution in [0.3, 0.4) is 0 Å². The third kappa shape index (κ3) is 4.49. The molecule has 1 amide bonds. The van der Waals surface area contributed by atoms with E-state index in [9.17, 15) is 9.59 Å². The predicted octanol–water partition coefficient (Wildman–Crippen LogP) is 4.82. The van der Waals surface area contributed by atoms with E-state index < -0.39 is 11.4 Å². The zero-order valence-electron chi connectivity index (χ0n) is 13.6.